The van der Waals surface area contributed by atoms with Gasteiger partial charge in [0.25, 0.3) is 0 Å². The first kappa shape index (κ1) is 26.6. The molecule has 3 rings (SSSR count). The second-order valence-corrected chi connectivity index (χ2v) is 10.2. The number of likely N-dealkylation sites (N-methyl/N-ethyl adjacent to an activating group) is 1. The molecule has 2 aliphatic rings. The summed E-state index contributed by atoms with van der Waals surface area (Å²) in [4.78, 5) is 2.39. The Bertz CT molecular complexity index is 700. The van der Waals surface area contributed by atoms with Gasteiger partial charge in [-0.15, -0.1) is 0 Å². The van der Waals surface area contributed by atoms with Crippen molar-refractivity contribution in [3.05, 3.63) is 35.6 Å². The van der Waals surface area contributed by atoms with Gasteiger partial charge < -0.3 is 20.3 Å². The molecule has 1 aromatic rings. The predicted molar refractivity (Wildman–Crippen MR) is 131 cm³/mol. The van der Waals surface area contributed by atoms with Crippen molar-refractivity contribution in [1.29, 1.82) is 0 Å². The zero-order chi connectivity index (χ0) is 23.7. The van der Waals surface area contributed by atoms with E-state index in [4.69, 9.17) is 4.74 Å². The molecule has 2 fully saturated rings. The fourth-order valence-electron chi connectivity index (χ4n) is 6.15. The van der Waals surface area contributed by atoms with Gasteiger partial charge in [0.1, 0.15) is 5.82 Å². The first-order valence-electron chi connectivity index (χ1n) is 13.0. The predicted octanol–water partition coefficient (Wildman–Crippen LogP) is 4.07. The summed E-state index contributed by atoms with van der Waals surface area (Å²) in [7, 11) is 3.64. The molecule has 0 unspecified atom stereocenters. The van der Waals surface area contributed by atoms with E-state index in [1.807, 2.05) is 13.1 Å². The van der Waals surface area contributed by atoms with Crippen molar-refractivity contribution in [3.63, 3.8) is 0 Å². The van der Waals surface area contributed by atoms with Crippen LogP contribution < -0.4 is 5.32 Å². The molecule has 0 radical (unpaired) electrons. The number of aliphatic hydroxyl groups is 2. The maximum absolute atomic E-state index is 14.1. The zero-order valence-electron chi connectivity index (χ0n) is 20.6. The summed E-state index contributed by atoms with van der Waals surface area (Å²) in [6, 6.07) is 6.52. The van der Waals surface area contributed by atoms with Crippen molar-refractivity contribution in [2.75, 3.05) is 40.4 Å². The molecule has 1 aliphatic heterocycles. The van der Waals surface area contributed by atoms with E-state index in [1.54, 1.807) is 13.2 Å². The van der Waals surface area contributed by atoms with E-state index in [1.165, 1.54) is 31.4 Å². The van der Waals surface area contributed by atoms with Crippen LogP contribution in [0.1, 0.15) is 69.8 Å². The minimum Gasteiger partial charge on any atom is -0.391 e. The SMILES string of the molecule is CNC[C@H]([C@@H](O)C1CCCCC1)N1CCC[C@@H]([C@@](O)(CCCCOC)c2cccc(F)c2)C1. The number of piperidine rings is 1. The lowest BCUT2D eigenvalue weighted by Gasteiger charge is -2.47. The standard InChI is InChI=1S/C27H45FN2O3/c1-29-19-25(26(31)21-10-4-3-5-11-21)30-16-9-13-23(20-30)27(32,15-6-7-17-33-2)22-12-8-14-24(28)18-22/h8,12,14,18,21,23,25-26,29,31-32H,3-7,9-11,13,15-17,19-20H2,1-2H3/t23-,25-,26+,27-/m1/s1. The second kappa shape index (κ2) is 13.1. The third-order valence-corrected chi connectivity index (χ3v) is 8.02. The molecule has 6 heteroatoms. The van der Waals surface area contributed by atoms with Crippen LogP contribution in [0.3, 0.4) is 0 Å². The summed E-state index contributed by atoms with van der Waals surface area (Å²) in [5.74, 6) is 0.0402. The number of benzene rings is 1. The Morgan fingerprint density at radius 2 is 1.97 bits per heavy atom. The van der Waals surface area contributed by atoms with Gasteiger partial charge in [0.15, 0.2) is 0 Å². The fraction of sp³-hybridized carbons (Fsp3) is 0.778. The Morgan fingerprint density at radius 3 is 2.67 bits per heavy atom. The molecule has 0 aromatic heterocycles. The molecule has 3 N–H and O–H groups in total. The number of rotatable bonds is 12. The Balaban J connectivity index is 1.79. The number of nitrogens with zero attached hydrogens (tertiary/aromatic N) is 1. The Morgan fingerprint density at radius 1 is 1.18 bits per heavy atom. The average molecular weight is 465 g/mol. The second-order valence-electron chi connectivity index (χ2n) is 10.2. The number of methoxy groups -OCH3 is 1. The van der Waals surface area contributed by atoms with Gasteiger partial charge in [0, 0.05) is 38.8 Å². The van der Waals surface area contributed by atoms with Gasteiger partial charge in [0.2, 0.25) is 0 Å². The molecular weight excluding hydrogens is 419 g/mol. The van der Waals surface area contributed by atoms with Gasteiger partial charge >= 0.3 is 0 Å². The van der Waals surface area contributed by atoms with Crippen molar-refractivity contribution in [1.82, 2.24) is 10.2 Å². The molecule has 0 bridgehead atoms. The van der Waals surface area contributed by atoms with E-state index in [2.05, 4.69) is 10.2 Å². The van der Waals surface area contributed by atoms with E-state index >= 15 is 0 Å². The minimum absolute atomic E-state index is 0.00601. The molecule has 0 amide bonds. The number of halogens is 1. The number of ether oxygens (including phenoxy) is 1. The molecule has 5 nitrogen and oxygen atoms in total. The van der Waals surface area contributed by atoms with Crippen molar-refractivity contribution in [2.24, 2.45) is 11.8 Å². The van der Waals surface area contributed by atoms with Crippen LogP contribution in [0.4, 0.5) is 4.39 Å². The largest absolute Gasteiger partial charge is 0.391 e. The number of hydrogen-bond donors (Lipinski definition) is 3. The molecular formula is C27H45FN2O3. The lowest BCUT2D eigenvalue weighted by atomic mass is 9.73. The average Bonchev–Trinajstić information content (AvgIpc) is 2.85. The number of likely N-dealkylation sites (tertiary alicyclic amines) is 1. The third-order valence-electron chi connectivity index (χ3n) is 8.02. The Kier molecular flexibility index (Phi) is 10.6. The highest BCUT2D eigenvalue weighted by atomic mass is 19.1. The summed E-state index contributed by atoms with van der Waals surface area (Å²) < 4.78 is 19.3. The number of nitrogens with one attached hydrogen (secondary N) is 1. The summed E-state index contributed by atoms with van der Waals surface area (Å²) in [5, 5.41) is 26.7. The summed E-state index contributed by atoms with van der Waals surface area (Å²) in [5.41, 5.74) is -0.418. The lowest BCUT2D eigenvalue weighted by Crippen LogP contribution is -2.57. The smallest absolute Gasteiger partial charge is 0.123 e. The van der Waals surface area contributed by atoms with E-state index in [-0.39, 0.29) is 23.9 Å². The van der Waals surface area contributed by atoms with Crippen LogP contribution in [-0.4, -0.2) is 67.7 Å². The molecule has 1 aromatic carbocycles. The zero-order valence-corrected chi connectivity index (χ0v) is 20.6. The fourth-order valence-corrected chi connectivity index (χ4v) is 6.15. The normalized spacial score (nSPS) is 24.3. The van der Waals surface area contributed by atoms with E-state index < -0.39 is 5.60 Å². The monoisotopic (exact) mass is 464 g/mol. The van der Waals surface area contributed by atoms with Crippen LogP contribution in [0, 0.1) is 17.7 Å². The summed E-state index contributed by atoms with van der Waals surface area (Å²) in [6.45, 7) is 3.04. The van der Waals surface area contributed by atoms with Crippen LogP contribution in [0.25, 0.3) is 0 Å². The summed E-state index contributed by atoms with van der Waals surface area (Å²) >= 11 is 0. The van der Waals surface area contributed by atoms with Gasteiger partial charge in [-0.05, 0) is 82.2 Å². The first-order valence-corrected chi connectivity index (χ1v) is 13.0. The first-order chi connectivity index (χ1) is 16.0. The molecule has 33 heavy (non-hydrogen) atoms. The number of hydrogen-bond acceptors (Lipinski definition) is 5. The van der Waals surface area contributed by atoms with Gasteiger partial charge in [0.05, 0.1) is 11.7 Å². The summed E-state index contributed by atoms with van der Waals surface area (Å²) in [6.07, 6.45) is 9.68. The Hall–Kier alpha value is -1.05. The maximum Gasteiger partial charge on any atom is 0.123 e. The Labute approximate surface area is 199 Å². The van der Waals surface area contributed by atoms with E-state index in [0.29, 0.717) is 31.1 Å². The van der Waals surface area contributed by atoms with Gasteiger partial charge in [-0.2, -0.15) is 0 Å². The van der Waals surface area contributed by atoms with Crippen molar-refractivity contribution in [3.8, 4) is 0 Å². The molecule has 4 atom stereocenters. The quantitative estimate of drug-likeness (QED) is 0.407. The molecule has 188 valence electrons. The van der Waals surface area contributed by atoms with Crippen LogP contribution >= 0.6 is 0 Å². The molecule has 1 heterocycles. The lowest BCUT2D eigenvalue weighted by molar-refractivity contribution is -0.0831. The van der Waals surface area contributed by atoms with Crippen molar-refractivity contribution in [2.45, 2.75) is 82.0 Å². The van der Waals surface area contributed by atoms with Crippen LogP contribution in [0.2, 0.25) is 0 Å². The van der Waals surface area contributed by atoms with Crippen molar-refractivity contribution >= 4 is 0 Å². The van der Waals surface area contributed by atoms with Gasteiger partial charge in [-0.25, -0.2) is 4.39 Å². The van der Waals surface area contributed by atoms with E-state index in [9.17, 15) is 14.6 Å². The van der Waals surface area contributed by atoms with E-state index in [0.717, 1.165) is 51.6 Å². The molecule has 1 saturated carbocycles. The van der Waals surface area contributed by atoms with Gasteiger partial charge in [-0.3, -0.25) is 4.90 Å². The topological polar surface area (TPSA) is 65.0 Å². The van der Waals surface area contributed by atoms with Crippen molar-refractivity contribution < 1.29 is 19.3 Å². The highest BCUT2D eigenvalue weighted by molar-refractivity contribution is 5.25. The number of aliphatic hydroxyl groups excluding tert-OH is 1. The molecule has 0 spiro atoms. The molecule has 1 saturated heterocycles. The highest BCUT2D eigenvalue weighted by Gasteiger charge is 2.43. The van der Waals surface area contributed by atoms with Crippen LogP contribution in [0.15, 0.2) is 24.3 Å². The minimum atomic E-state index is -1.09. The third kappa shape index (κ3) is 6.98. The van der Waals surface area contributed by atoms with Gasteiger partial charge in [-0.1, -0.05) is 31.4 Å². The maximum atomic E-state index is 14.1. The van der Waals surface area contributed by atoms with Crippen LogP contribution in [-0.2, 0) is 10.3 Å². The number of unbranched alkanes of at least 4 members (excludes halogenated alkanes) is 1. The highest BCUT2D eigenvalue weighted by Crippen LogP contribution is 2.41. The van der Waals surface area contributed by atoms with Crippen LogP contribution in [0.5, 0.6) is 0 Å². The molecule has 1 aliphatic carbocycles.